The monoisotopic (exact) mass is 653 g/mol. The fourth-order valence-corrected chi connectivity index (χ4v) is 6.80. The molecule has 9 nitrogen and oxygen atoms in total. The van der Waals surface area contributed by atoms with Gasteiger partial charge in [-0.3, -0.25) is 9.69 Å². The highest BCUT2D eigenvalue weighted by Crippen LogP contribution is 2.39. The third-order valence-electron chi connectivity index (χ3n) is 8.29. The van der Waals surface area contributed by atoms with Crippen LogP contribution in [0.1, 0.15) is 50.0 Å². The molecule has 5 rings (SSSR count). The van der Waals surface area contributed by atoms with Gasteiger partial charge < -0.3 is 19.9 Å². The minimum absolute atomic E-state index is 0.00694. The number of nitrogens with one attached hydrogen (secondary N) is 1. The summed E-state index contributed by atoms with van der Waals surface area (Å²) < 4.78 is 75.8. The van der Waals surface area contributed by atoms with Crippen molar-refractivity contribution >= 4 is 34.1 Å². The average Bonchev–Trinajstić information content (AvgIpc) is 3.73. The van der Waals surface area contributed by atoms with E-state index >= 15 is 4.39 Å². The molecule has 1 N–H and O–H groups in total. The Morgan fingerprint density at radius 3 is 2.69 bits per heavy atom. The quantitative estimate of drug-likeness (QED) is 0.195. The van der Waals surface area contributed by atoms with Crippen LogP contribution in [-0.2, 0) is 22.3 Å². The second-order valence-corrected chi connectivity index (χ2v) is 12.5. The maximum atomic E-state index is 15.8. The highest BCUT2D eigenvalue weighted by molar-refractivity contribution is 7.16. The van der Waals surface area contributed by atoms with Crippen molar-refractivity contribution in [2.75, 3.05) is 50.1 Å². The number of likely N-dealkylation sites (N-methyl/N-ethyl adjacent to an activating group) is 1. The van der Waals surface area contributed by atoms with Crippen LogP contribution in [-0.4, -0.2) is 82.6 Å². The van der Waals surface area contributed by atoms with Gasteiger partial charge in [0.15, 0.2) is 16.8 Å². The summed E-state index contributed by atoms with van der Waals surface area (Å²) in [6.45, 7) is 6.94. The number of halogens is 5. The number of hydrogen-bond acceptors (Lipinski definition) is 10. The van der Waals surface area contributed by atoms with Gasteiger partial charge in [0.05, 0.1) is 24.3 Å². The molecule has 0 bridgehead atoms. The van der Waals surface area contributed by atoms with E-state index < -0.39 is 23.4 Å². The standard InChI is InChI=1S/C30H36F5N7O2S/c1-4-44-24(43)8-10-40(3)22-7-11-42(15-22)28-25(32)27(36-17-37-28)39-29-38-26(23(45-29)16-41-9-5-6-18(41)2)19-12-20(30(33,34)35)14-21(31)13-19/h12-14,17-18,22H,4-11,15-16H2,1-3H3,(H,36,37,38,39)/t18-,22?/m1/s1. The minimum atomic E-state index is -4.73. The average molecular weight is 654 g/mol. The summed E-state index contributed by atoms with van der Waals surface area (Å²) in [6.07, 6.45) is -0.507. The van der Waals surface area contributed by atoms with E-state index in [2.05, 4.69) is 32.1 Å². The van der Waals surface area contributed by atoms with E-state index in [1.807, 2.05) is 16.8 Å². The van der Waals surface area contributed by atoms with Gasteiger partial charge in [0, 0.05) is 48.7 Å². The Morgan fingerprint density at radius 1 is 1.18 bits per heavy atom. The molecular weight excluding hydrogens is 617 g/mol. The van der Waals surface area contributed by atoms with E-state index in [0.717, 1.165) is 37.9 Å². The summed E-state index contributed by atoms with van der Waals surface area (Å²) >= 11 is 1.17. The van der Waals surface area contributed by atoms with Crippen LogP contribution >= 0.6 is 11.3 Å². The molecule has 0 amide bonds. The van der Waals surface area contributed by atoms with E-state index in [9.17, 15) is 22.4 Å². The molecule has 1 aromatic carbocycles. The SMILES string of the molecule is CCOC(=O)CCN(C)C1CCN(c2ncnc(Nc3nc(-c4cc(F)cc(C(F)(F)F)c4)c(CN4CCC[C@H]4C)s3)c2F)C1. The van der Waals surface area contributed by atoms with Gasteiger partial charge in [0.25, 0.3) is 0 Å². The number of carbonyl (C=O) groups is 1. The molecule has 1 unspecified atom stereocenters. The van der Waals surface area contributed by atoms with Crippen LogP contribution in [0.15, 0.2) is 24.5 Å². The van der Waals surface area contributed by atoms with Gasteiger partial charge >= 0.3 is 12.1 Å². The molecular formula is C30H36F5N7O2S. The number of benzene rings is 1. The van der Waals surface area contributed by atoms with Gasteiger partial charge in [-0.05, 0) is 64.9 Å². The van der Waals surface area contributed by atoms with Crippen LogP contribution in [0.4, 0.5) is 38.7 Å². The van der Waals surface area contributed by atoms with Crippen molar-refractivity contribution in [1.29, 1.82) is 0 Å². The van der Waals surface area contributed by atoms with Gasteiger partial charge in [-0.15, -0.1) is 0 Å². The smallest absolute Gasteiger partial charge is 0.416 e. The summed E-state index contributed by atoms with van der Waals surface area (Å²) in [5.41, 5.74) is -0.913. The topological polar surface area (TPSA) is 86.7 Å². The van der Waals surface area contributed by atoms with E-state index in [-0.39, 0.29) is 52.5 Å². The van der Waals surface area contributed by atoms with Gasteiger partial charge in [0.2, 0.25) is 5.82 Å². The number of alkyl halides is 3. The molecule has 4 heterocycles. The summed E-state index contributed by atoms with van der Waals surface area (Å²) in [5, 5.41) is 3.11. The molecule has 0 radical (unpaired) electrons. The van der Waals surface area contributed by atoms with Crippen LogP contribution in [0.5, 0.6) is 0 Å². The summed E-state index contributed by atoms with van der Waals surface area (Å²) in [4.78, 5) is 31.2. The highest BCUT2D eigenvalue weighted by atomic mass is 32.1. The zero-order chi connectivity index (χ0) is 32.3. The van der Waals surface area contributed by atoms with Crippen LogP contribution in [0, 0.1) is 11.6 Å². The van der Waals surface area contributed by atoms with Crippen LogP contribution in [0.3, 0.4) is 0 Å². The van der Waals surface area contributed by atoms with Crippen molar-refractivity contribution in [2.45, 2.75) is 64.3 Å². The number of anilines is 3. The molecule has 0 saturated carbocycles. The van der Waals surface area contributed by atoms with Crippen molar-refractivity contribution in [3.63, 3.8) is 0 Å². The molecule has 2 fully saturated rings. The number of carbonyl (C=O) groups excluding carboxylic acids is 1. The molecule has 2 aromatic heterocycles. The first-order valence-corrected chi connectivity index (χ1v) is 15.7. The highest BCUT2D eigenvalue weighted by Gasteiger charge is 2.33. The zero-order valence-corrected chi connectivity index (χ0v) is 26.1. The Labute approximate surface area is 262 Å². The number of hydrogen-bond donors (Lipinski definition) is 1. The second kappa shape index (κ2) is 13.9. The van der Waals surface area contributed by atoms with Gasteiger partial charge in [-0.2, -0.15) is 17.6 Å². The third-order valence-corrected chi connectivity index (χ3v) is 9.25. The molecule has 15 heteroatoms. The third kappa shape index (κ3) is 7.87. The summed E-state index contributed by atoms with van der Waals surface area (Å²) in [7, 11) is 1.91. The molecule has 0 spiro atoms. The normalized spacial score (nSPS) is 19.1. The van der Waals surface area contributed by atoms with Gasteiger partial charge in [-0.1, -0.05) is 11.3 Å². The van der Waals surface area contributed by atoms with E-state index in [1.165, 1.54) is 17.7 Å². The van der Waals surface area contributed by atoms with E-state index in [0.29, 0.717) is 43.7 Å². The lowest BCUT2D eigenvalue weighted by Gasteiger charge is -2.24. The van der Waals surface area contributed by atoms with Crippen molar-refractivity contribution in [3.8, 4) is 11.3 Å². The first kappa shape index (κ1) is 32.9. The Bertz CT molecular complexity index is 1500. The number of ether oxygens (including phenoxy) is 1. The number of likely N-dealkylation sites (tertiary alicyclic amines) is 1. The number of aromatic nitrogens is 3. The lowest BCUT2D eigenvalue weighted by Crippen LogP contribution is -2.36. The maximum Gasteiger partial charge on any atom is 0.416 e. The number of thiazole rings is 1. The number of esters is 1. The summed E-state index contributed by atoms with van der Waals surface area (Å²) in [5.74, 6) is -2.00. The van der Waals surface area contributed by atoms with Crippen molar-refractivity contribution in [3.05, 3.63) is 46.6 Å². The molecule has 2 aliphatic heterocycles. The predicted octanol–water partition coefficient (Wildman–Crippen LogP) is 6.09. The molecule has 2 saturated heterocycles. The Balaban J connectivity index is 1.37. The molecule has 2 aliphatic rings. The first-order valence-electron chi connectivity index (χ1n) is 14.9. The van der Waals surface area contributed by atoms with Crippen molar-refractivity contribution in [1.82, 2.24) is 24.8 Å². The first-order chi connectivity index (χ1) is 21.4. The van der Waals surface area contributed by atoms with Gasteiger partial charge in [0.1, 0.15) is 12.1 Å². The largest absolute Gasteiger partial charge is 0.466 e. The van der Waals surface area contributed by atoms with Crippen molar-refractivity contribution < 1.29 is 31.5 Å². The van der Waals surface area contributed by atoms with Crippen molar-refractivity contribution in [2.24, 2.45) is 0 Å². The number of rotatable bonds is 11. The summed E-state index contributed by atoms with van der Waals surface area (Å²) in [6, 6.07) is 2.72. The molecule has 244 valence electrons. The second-order valence-electron chi connectivity index (χ2n) is 11.4. The Morgan fingerprint density at radius 2 is 1.98 bits per heavy atom. The Hall–Kier alpha value is -3.43. The van der Waals surface area contributed by atoms with Crippen LogP contribution < -0.4 is 10.2 Å². The molecule has 0 aliphatic carbocycles. The maximum absolute atomic E-state index is 15.8. The molecule has 3 aromatic rings. The number of nitrogens with zero attached hydrogens (tertiary/aromatic N) is 6. The fraction of sp³-hybridized carbons (Fsp3) is 0.533. The van der Waals surface area contributed by atoms with E-state index in [1.54, 1.807) is 6.92 Å². The van der Waals surface area contributed by atoms with Gasteiger partial charge in [-0.25, -0.2) is 19.3 Å². The lowest BCUT2D eigenvalue weighted by molar-refractivity contribution is -0.143. The fourth-order valence-electron chi connectivity index (χ4n) is 5.79. The lowest BCUT2D eigenvalue weighted by atomic mass is 10.1. The predicted molar refractivity (Wildman–Crippen MR) is 161 cm³/mol. The molecule has 2 atom stereocenters. The Kier molecular flexibility index (Phi) is 10.2. The van der Waals surface area contributed by atoms with E-state index in [4.69, 9.17) is 4.74 Å². The van der Waals surface area contributed by atoms with Crippen LogP contribution in [0.25, 0.3) is 11.3 Å². The molecule has 45 heavy (non-hydrogen) atoms. The van der Waals surface area contributed by atoms with Crippen LogP contribution in [0.2, 0.25) is 0 Å². The zero-order valence-electron chi connectivity index (χ0n) is 25.3. The minimum Gasteiger partial charge on any atom is -0.466 e.